The van der Waals surface area contributed by atoms with Crippen LogP contribution in [0, 0.1) is 0 Å². The SMILES string of the molecule is CC1(c2cccc(C(=O)Nc3ccccc3C(=O)OCCCI)c2)CCSC(N)=N1. The fraction of sp³-hybridized carbons (Fsp3) is 0.318. The lowest BCUT2D eigenvalue weighted by molar-refractivity contribution is 0.0508. The van der Waals surface area contributed by atoms with Crippen molar-refractivity contribution in [2.24, 2.45) is 10.7 Å². The zero-order valence-electron chi connectivity index (χ0n) is 16.7. The highest BCUT2D eigenvalue weighted by molar-refractivity contribution is 14.1. The summed E-state index contributed by atoms with van der Waals surface area (Å²) in [6.07, 6.45) is 1.63. The van der Waals surface area contributed by atoms with E-state index in [2.05, 4.69) is 32.9 Å². The number of nitrogens with two attached hydrogens (primary N) is 1. The summed E-state index contributed by atoms with van der Waals surface area (Å²) < 4.78 is 6.20. The number of anilines is 1. The molecule has 1 aliphatic rings. The average molecular weight is 537 g/mol. The molecule has 2 aromatic carbocycles. The molecule has 1 unspecified atom stereocenters. The van der Waals surface area contributed by atoms with Gasteiger partial charge in [0.1, 0.15) is 0 Å². The highest BCUT2D eigenvalue weighted by Gasteiger charge is 2.30. The number of amidine groups is 1. The maximum absolute atomic E-state index is 12.9. The van der Waals surface area contributed by atoms with Crippen molar-refractivity contribution in [3.8, 4) is 0 Å². The number of aliphatic imine (C=N–C) groups is 1. The van der Waals surface area contributed by atoms with Crippen LogP contribution in [-0.4, -0.2) is 33.8 Å². The first-order valence-electron chi connectivity index (χ1n) is 9.65. The Kier molecular flexibility index (Phi) is 7.76. The Labute approximate surface area is 194 Å². The second kappa shape index (κ2) is 10.3. The summed E-state index contributed by atoms with van der Waals surface area (Å²) in [6.45, 7) is 2.38. The molecule has 158 valence electrons. The fourth-order valence-electron chi connectivity index (χ4n) is 3.15. The third kappa shape index (κ3) is 5.54. The van der Waals surface area contributed by atoms with Gasteiger partial charge in [-0.25, -0.2) is 4.79 Å². The van der Waals surface area contributed by atoms with Gasteiger partial charge in [0.05, 0.1) is 23.4 Å². The number of carbonyl (C=O) groups is 2. The van der Waals surface area contributed by atoms with Gasteiger partial charge in [0.2, 0.25) is 0 Å². The van der Waals surface area contributed by atoms with E-state index in [1.165, 1.54) is 0 Å². The van der Waals surface area contributed by atoms with Crippen LogP contribution in [0.15, 0.2) is 53.5 Å². The minimum Gasteiger partial charge on any atom is -0.462 e. The molecule has 0 aliphatic carbocycles. The molecule has 8 heteroatoms. The summed E-state index contributed by atoms with van der Waals surface area (Å²) in [5, 5.41) is 3.41. The van der Waals surface area contributed by atoms with Crippen LogP contribution >= 0.6 is 34.4 Å². The fourth-order valence-corrected chi connectivity index (χ4v) is 4.44. The highest BCUT2D eigenvalue weighted by atomic mass is 127. The van der Waals surface area contributed by atoms with Gasteiger partial charge in [-0.1, -0.05) is 58.6 Å². The Balaban J connectivity index is 1.79. The Bertz CT molecular complexity index is 966. The van der Waals surface area contributed by atoms with E-state index >= 15 is 0 Å². The monoisotopic (exact) mass is 537 g/mol. The molecule has 0 bridgehead atoms. The molecule has 1 atom stereocenters. The summed E-state index contributed by atoms with van der Waals surface area (Å²) in [7, 11) is 0. The predicted octanol–water partition coefficient (Wildman–Crippen LogP) is 4.59. The molecule has 30 heavy (non-hydrogen) atoms. The molecular formula is C22H24IN3O3S. The van der Waals surface area contributed by atoms with Gasteiger partial charge >= 0.3 is 5.97 Å². The molecule has 1 aliphatic heterocycles. The summed E-state index contributed by atoms with van der Waals surface area (Å²) in [4.78, 5) is 29.9. The van der Waals surface area contributed by atoms with Crippen molar-refractivity contribution < 1.29 is 14.3 Å². The van der Waals surface area contributed by atoms with Gasteiger partial charge < -0.3 is 15.8 Å². The number of nitrogens with zero attached hydrogens (tertiary/aromatic N) is 1. The van der Waals surface area contributed by atoms with Crippen molar-refractivity contribution >= 4 is 57.1 Å². The molecule has 1 amide bonds. The maximum Gasteiger partial charge on any atom is 0.340 e. The second-order valence-electron chi connectivity index (χ2n) is 7.08. The van der Waals surface area contributed by atoms with E-state index in [1.54, 1.807) is 42.1 Å². The lowest BCUT2D eigenvalue weighted by Crippen LogP contribution is -2.29. The molecule has 6 nitrogen and oxygen atoms in total. The van der Waals surface area contributed by atoms with E-state index in [4.69, 9.17) is 10.5 Å². The number of thioether (sulfide) groups is 1. The Hall–Kier alpha value is -2.07. The lowest BCUT2D eigenvalue weighted by atomic mass is 9.88. The van der Waals surface area contributed by atoms with E-state index in [1.807, 2.05) is 25.1 Å². The predicted molar refractivity (Wildman–Crippen MR) is 131 cm³/mol. The van der Waals surface area contributed by atoms with Gasteiger partial charge in [0.25, 0.3) is 5.91 Å². The van der Waals surface area contributed by atoms with Crippen molar-refractivity contribution in [2.45, 2.75) is 25.3 Å². The molecule has 3 N–H and O–H groups in total. The smallest absolute Gasteiger partial charge is 0.340 e. The van der Waals surface area contributed by atoms with Crippen molar-refractivity contribution in [1.82, 2.24) is 0 Å². The van der Waals surface area contributed by atoms with E-state index in [9.17, 15) is 9.59 Å². The van der Waals surface area contributed by atoms with Crippen LogP contribution in [0.3, 0.4) is 0 Å². The Morgan fingerprint density at radius 2 is 2.07 bits per heavy atom. The molecule has 1 heterocycles. The number of amides is 1. The minimum atomic E-state index is -0.452. The topological polar surface area (TPSA) is 93.8 Å². The molecule has 2 aromatic rings. The number of hydrogen-bond donors (Lipinski definition) is 2. The van der Waals surface area contributed by atoms with Crippen LogP contribution in [0.1, 0.15) is 46.0 Å². The first kappa shape index (κ1) is 22.6. The van der Waals surface area contributed by atoms with Crippen LogP contribution in [-0.2, 0) is 10.3 Å². The number of carbonyl (C=O) groups excluding carboxylic acids is 2. The van der Waals surface area contributed by atoms with E-state index in [0.717, 1.165) is 28.6 Å². The van der Waals surface area contributed by atoms with E-state index in [0.29, 0.717) is 28.6 Å². The van der Waals surface area contributed by atoms with Gasteiger partial charge in [-0.2, -0.15) is 0 Å². The summed E-state index contributed by atoms with van der Waals surface area (Å²) in [6, 6.07) is 14.2. The molecular weight excluding hydrogens is 513 g/mol. The second-order valence-corrected chi connectivity index (χ2v) is 9.28. The van der Waals surface area contributed by atoms with Gasteiger partial charge in [-0.15, -0.1) is 0 Å². The molecule has 0 aromatic heterocycles. The van der Waals surface area contributed by atoms with Crippen LogP contribution in [0.2, 0.25) is 0 Å². The van der Waals surface area contributed by atoms with Crippen LogP contribution < -0.4 is 11.1 Å². The molecule has 3 rings (SSSR count). The number of ether oxygens (including phenoxy) is 1. The van der Waals surface area contributed by atoms with Crippen LogP contribution in [0.4, 0.5) is 5.69 Å². The molecule has 0 radical (unpaired) electrons. The molecule has 0 spiro atoms. The standard InChI is InChI=1S/C22H24IN3O3S/c1-22(10-13-30-21(24)26-22)16-7-4-6-15(14-16)19(27)25-18-9-3-2-8-17(18)20(28)29-12-5-11-23/h2-4,6-9,14H,5,10-13H2,1H3,(H2,24,26)(H,25,27). The third-order valence-electron chi connectivity index (χ3n) is 4.85. The van der Waals surface area contributed by atoms with E-state index in [-0.39, 0.29) is 5.91 Å². The molecule has 0 saturated heterocycles. The maximum atomic E-state index is 12.9. The number of benzene rings is 2. The Morgan fingerprint density at radius 3 is 2.83 bits per heavy atom. The number of esters is 1. The summed E-state index contributed by atoms with van der Waals surface area (Å²) in [5.41, 5.74) is 7.67. The highest BCUT2D eigenvalue weighted by Crippen LogP contribution is 2.35. The number of para-hydroxylation sites is 1. The van der Waals surface area contributed by atoms with Crippen molar-refractivity contribution in [3.05, 3.63) is 65.2 Å². The van der Waals surface area contributed by atoms with Crippen molar-refractivity contribution in [1.29, 1.82) is 0 Å². The molecule has 0 fully saturated rings. The van der Waals surface area contributed by atoms with Crippen molar-refractivity contribution in [2.75, 3.05) is 22.1 Å². The van der Waals surface area contributed by atoms with Crippen LogP contribution in [0.5, 0.6) is 0 Å². The normalized spacial score (nSPS) is 18.4. The first-order chi connectivity index (χ1) is 14.4. The first-order valence-corrected chi connectivity index (χ1v) is 12.2. The van der Waals surface area contributed by atoms with E-state index < -0.39 is 11.5 Å². The minimum absolute atomic E-state index is 0.296. The van der Waals surface area contributed by atoms with Crippen LogP contribution in [0.25, 0.3) is 0 Å². The van der Waals surface area contributed by atoms with Gasteiger partial charge in [0, 0.05) is 15.7 Å². The van der Waals surface area contributed by atoms with Gasteiger partial charge in [0.15, 0.2) is 5.17 Å². The van der Waals surface area contributed by atoms with Gasteiger partial charge in [-0.05, 0) is 49.6 Å². The van der Waals surface area contributed by atoms with Crippen molar-refractivity contribution in [3.63, 3.8) is 0 Å². The molecule has 0 saturated carbocycles. The van der Waals surface area contributed by atoms with Gasteiger partial charge in [-0.3, -0.25) is 9.79 Å². The average Bonchev–Trinajstić information content (AvgIpc) is 2.74. The quantitative estimate of drug-likeness (QED) is 0.233. The summed E-state index contributed by atoms with van der Waals surface area (Å²) in [5.74, 6) is 0.145. The number of alkyl halides is 1. The number of rotatable bonds is 7. The lowest BCUT2D eigenvalue weighted by Gasteiger charge is -2.30. The number of nitrogens with one attached hydrogen (secondary N) is 1. The third-order valence-corrected chi connectivity index (χ3v) is 6.41. The largest absolute Gasteiger partial charge is 0.462 e. The number of halogens is 1. The zero-order valence-corrected chi connectivity index (χ0v) is 19.7. The number of hydrogen-bond acceptors (Lipinski definition) is 6. The summed E-state index contributed by atoms with van der Waals surface area (Å²) >= 11 is 3.78. The zero-order chi connectivity index (χ0) is 21.6. The Morgan fingerprint density at radius 1 is 1.27 bits per heavy atom.